The Morgan fingerprint density at radius 3 is 2.56 bits per heavy atom. The standard InChI is InChI=1S/C10H20N4OS/c1-8(2)14-9(13(3)4)11-12-10(14)16-7-5-6-15/h8,15H,5-7H2,1-4H3. The molecular weight excluding hydrogens is 224 g/mol. The second-order valence-corrected chi connectivity index (χ2v) is 5.13. The van der Waals surface area contributed by atoms with Crippen molar-refractivity contribution in [2.24, 2.45) is 0 Å². The van der Waals surface area contributed by atoms with E-state index in [1.807, 2.05) is 19.0 Å². The van der Waals surface area contributed by atoms with Gasteiger partial charge in [-0.1, -0.05) is 11.8 Å². The van der Waals surface area contributed by atoms with Crippen LogP contribution < -0.4 is 4.90 Å². The lowest BCUT2D eigenvalue weighted by atomic mass is 10.4. The van der Waals surface area contributed by atoms with Crippen LogP contribution in [0.15, 0.2) is 5.16 Å². The van der Waals surface area contributed by atoms with Crippen molar-refractivity contribution in [3.05, 3.63) is 0 Å². The van der Waals surface area contributed by atoms with Gasteiger partial charge in [0.15, 0.2) is 5.16 Å². The molecule has 0 fully saturated rings. The molecule has 0 saturated heterocycles. The van der Waals surface area contributed by atoms with Crippen molar-refractivity contribution >= 4 is 17.7 Å². The second-order valence-electron chi connectivity index (χ2n) is 4.07. The molecule has 0 unspecified atom stereocenters. The summed E-state index contributed by atoms with van der Waals surface area (Å²) >= 11 is 1.64. The Balaban J connectivity index is 2.83. The van der Waals surface area contributed by atoms with Crippen LogP contribution in [0.3, 0.4) is 0 Å². The van der Waals surface area contributed by atoms with Crippen molar-refractivity contribution in [3.63, 3.8) is 0 Å². The molecule has 0 aromatic carbocycles. The van der Waals surface area contributed by atoms with Gasteiger partial charge in [-0.25, -0.2) is 0 Å². The lowest BCUT2D eigenvalue weighted by Crippen LogP contribution is -2.17. The van der Waals surface area contributed by atoms with Gasteiger partial charge < -0.3 is 10.0 Å². The highest BCUT2D eigenvalue weighted by atomic mass is 32.2. The van der Waals surface area contributed by atoms with Gasteiger partial charge in [-0.3, -0.25) is 4.57 Å². The number of hydrogen-bond donors (Lipinski definition) is 1. The van der Waals surface area contributed by atoms with Crippen LogP contribution in [0.25, 0.3) is 0 Å². The van der Waals surface area contributed by atoms with Gasteiger partial charge in [0.25, 0.3) is 0 Å². The van der Waals surface area contributed by atoms with Gasteiger partial charge in [-0.05, 0) is 20.3 Å². The lowest BCUT2D eigenvalue weighted by molar-refractivity contribution is 0.296. The van der Waals surface area contributed by atoms with Crippen LogP contribution in [-0.4, -0.2) is 46.3 Å². The maximum Gasteiger partial charge on any atom is 0.227 e. The van der Waals surface area contributed by atoms with E-state index in [4.69, 9.17) is 5.11 Å². The van der Waals surface area contributed by atoms with Crippen molar-refractivity contribution in [2.75, 3.05) is 31.4 Å². The first-order chi connectivity index (χ1) is 7.57. The van der Waals surface area contributed by atoms with Crippen molar-refractivity contribution in [1.82, 2.24) is 14.8 Å². The summed E-state index contributed by atoms with van der Waals surface area (Å²) in [6.45, 7) is 4.46. The molecule has 1 heterocycles. The van der Waals surface area contributed by atoms with Crippen LogP contribution >= 0.6 is 11.8 Å². The molecule has 0 aliphatic heterocycles. The Bertz CT molecular complexity index is 325. The largest absolute Gasteiger partial charge is 0.396 e. The summed E-state index contributed by atoms with van der Waals surface area (Å²) in [6, 6.07) is 0.337. The molecular formula is C10H20N4OS. The summed E-state index contributed by atoms with van der Waals surface area (Å²) in [4.78, 5) is 1.96. The van der Waals surface area contributed by atoms with Gasteiger partial charge in [-0.2, -0.15) is 0 Å². The number of nitrogens with zero attached hydrogens (tertiary/aromatic N) is 4. The summed E-state index contributed by atoms with van der Waals surface area (Å²) in [7, 11) is 3.93. The van der Waals surface area contributed by atoms with E-state index < -0.39 is 0 Å². The normalized spacial score (nSPS) is 11.1. The number of anilines is 1. The molecule has 0 aliphatic rings. The molecule has 0 aliphatic carbocycles. The highest BCUT2D eigenvalue weighted by Gasteiger charge is 2.15. The van der Waals surface area contributed by atoms with Gasteiger partial charge in [-0.15, -0.1) is 10.2 Å². The minimum Gasteiger partial charge on any atom is -0.396 e. The van der Waals surface area contributed by atoms with Gasteiger partial charge in [0, 0.05) is 32.5 Å². The zero-order valence-corrected chi connectivity index (χ0v) is 11.2. The van der Waals surface area contributed by atoms with Gasteiger partial charge in [0.1, 0.15) is 0 Å². The van der Waals surface area contributed by atoms with Gasteiger partial charge >= 0.3 is 0 Å². The Labute approximate surface area is 101 Å². The number of rotatable bonds is 6. The van der Waals surface area contributed by atoms with E-state index in [0.717, 1.165) is 23.3 Å². The first kappa shape index (κ1) is 13.3. The Hall–Kier alpha value is -0.750. The van der Waals surface area contributed by atoms with E-state index in [1.165, 1.54) is 0 Å². The molecule has 0 spiro atoms. The number of hydrogen-bond acceptors (Lipinski definition) is 5. The van der Waals surface area contributed by atoms with Crippen LogP contribution in [0.5, 0.6) is 0 Å². The van der Waals surface area contributed by atoms with Crippen LogP contribution in [0.2, 0.25) is 0 Å². The maximum absolute atomic E-state index is 8.75. The van der Waals surface area contributed by atoms with Crippen LogP contribution in [0.1, 0.15) is 26.3 Å². The van der Waals surface area contributed by atoms with Gasteiger partial charge in [0.05, 0.1) is 0 Å². The molecule has 1 aromatic heterocycles. The smallest absolute Gasteiger partial charge is 0.227 e. The van der Waals surface area contributed by atoms with E-state index in [0.29, 0.717) is 6.04 Å². The summed E-state index contributed by atoms with van der Waals surface area (Å²) in [5.74, 6) is 1.75. The molecule has 0 atom stereocenters. The van der Waals surface area contributed by atoms with E-state index in [2.05, 4.69) is 28.6 Å². The average molecular weight is 244 g/mol. The van der Waals surface area contributed by atoms with Crippen LogP contribution in [-0.2, 0) is 0 Å². The number of aliphatic hydroxyl groups excluding tert-OH is 1. The van der Waals surface area contributed by atoms with Crippen molar-refractivity contribution in [2.45, 2.75) is 31.5 Å². The van der Waals surface area contributed by atoms with E-state index in [-0.39, 0.29) is 6.61 Å². The fraction of sp³-hybridized carbons (Fsp3) is 0.800. The molecule has 6 heteroatoms. The molecule has 1 rings (SSSR count). The summed E-state index contributed by atoms with van der Waals surface area (Å²) in [5, 5.41) is 18.0. The molecule has 0 bridgehead atoms. The van der Waals surface area contributed by atoms with E-state index in [1.54, 1.807) is 11.8 Å². The summed E-state index contributed by atoms with van der Waals surface area (Å²) < 4.78 is 2.11. The van der Waals surface area contributed by atoms with Crippen LogP contribution in [0, 0.1) is 0 Å². The predicted octanol–water partition coefficient (Wildman–Crippen LogP) is 1.40. The molecule has 5 nitrogen and oxygen atoms in total. The first-order valence-electron chi connectivity index (χ1n) is 5.43. The summed E-state index contributed by atoms with van der Waals surface area (Å²) in [5.41, 5.74) is 0. The van der Waals surface area contributed by atoms with Crippen molar-refractivity contribution < 1.29 is 5.11 Å². The topological polar surface area (TPSA) is 54.2 Å². The molecule has 0 radical (unpaired) electrons. The van der Waals surface area contributed by atoms with Gasteiger partial charge in [0.2, 0.25) is 5.95 Å². The zero-order valence-electron chi connectivity index (χ0n) is 10.3. The quantitative estimate of drug-likeness (QED) is 0.605. The first-order valence-corrected chi connectivity index (χ1v) is 6.42. The molecule has 1 N–H and O–H groups in total. The molecule has 1 aromatic rings. The Morgan fingerprint density at radius 2 is 2.06 bits per heavy atom. The van der Waals surface area contributed by atoms with Crippen molar-refractivity contribution in [1.29, 1.82) is 0 Å². The molecule has 0 saturated carbocycles. The second kappa shape index (κ2) is 6.10. The third kappa shape index (κ3) is 3.12. The lowest BCUT2D eigenvalue weighted by Gasteiger charge is -2.17. The molecule has 92 valence electrons. The maximum atomic E-state index is 8.75. The molecule has 0 amide bonds. The number of thioether (sulfide) groups is 1. The van der Waals surface area contributed by atoms with E-state index in [9.17, 15) is 0 Å². The fourth-order valence-electron chi connectivity index (χ4n) is 1.35. The highest BCUT2D eigenvalue weighted by molar-refractivity contribution is 7.99. The molecule has 16 heavy (non-hydrogen) atoms. The predicted molar refractivity (Wildman–Crippen MR) is 67.2 cm³/mol. The van der Waals surface area contributed by atoms with Crippen LogP contribution in [0.4, 0.5) is 5.95 Å². The minimum atomic E-state index is 0.226. The Kier molecular flexibility index (Phi) is 5.08. The van der Waals surface area contributed by atoms with E-state index >= 15 is 0 Å². The monoisotopic (exact) mass is 244 g/mol. The highest BCUT2D eigenvalue weighted by Crippen LogP contribution is 2.25. The fourth-order valence-corrected chi connectivity index (χ4v) is 2.34. The number of aliphatic hydroxyl groups is 1. The number of aromatic nitrogens is 3. The SMILES string of the molecule is CC(C)n1c(SCCCO)nnc1N(C)C. The zero-order chi connectivity index (χ0) is 12.1. The third-order valence-electron chi connectivity index (χ3n) is 2.10. The third-order valence-corrected chi connectivity index (χ3v) is 3.13. The Morgan fingerprint density at radius 1 is 1.38 bits per heavy atom. The average Bonchev–Trinajstić information content (AvgIpc) is 2.62. The van der Waals surface area contributed by atoms with Crippen molar-refractivity contribution in [3.8, 4) is 0 Å². The summed E-state index contributed by atoms with van der Waals surface area (Å²) in [6.07, 6.45) is 0.785. The minimum absolute atomic E-state index is 0.226.